The Bertz CT molecular complexity index is 3670. The molecule has 0 radical (unpaired) electrons. The number of nitrogens with zero attached hydrogens (tertiary/aromatic N) is 7. The van der Waals surface area contributed by atoms with E-state index in [0.29, 0.717) is 22.9 Å². The van der Waals surface area contributed by atoms with Crippen molar-refractivity contribution < 1.29 is 0 Å². The minimum absolute atomic E-state index is 0.553. The van der Waals surface area contributed by atoms with Crippen LogP contribution in [0.3, 0.4) is 0 Å². The number of rotatable bonds is 9. The van der Waals surface area contributed by atoms with Gasteiger partial charge in [-0.2, -0.15) is 0 Å². The molecule has 316 valence electrons. The first-order chi connectivity index (χ1) is 33.5. The van der Waals surface area contributed by atoms with Gasteiger partial charge in [-0.15, -0.1) is 0 Å². The normalized spacial score (nSPS) is 10.9. The van der Waals surface area contributed by atoms with E-state index < -0.39 is 0 Å². The summed E-state index contributed by atoms with van der Waals surface area (Å²) < 4.78 is 2.31. The first kappa shape index (κ1) is 40.9. The topological polar surface area (TPSA) is 47.0 Å². The third-order valence-corrected chi connectivity index (χ3v) is 12.3. The molecule has 11 rings (SSSR count). The maximum Gasteiger partial charge on any atom is 0.195 e. The molecular formula is C61H37N7. The third-order valence-electron chi connectivity index (χ3n) is 12.3. The molecule has 0 unspecified atom stereocenters. The van der Waals surface area contributed by atoms with Gasteiger partial charge in [0.15, 0.2) is 22.9 Å². The molecule has 68 heavy (non-hydrogen) atoms. The van der Waals surface area contributed by atoms with Crippen LogP contribution < -0.4 is 4.90 Å². The molecule has 0 fully saturated rings. The van der Waals surface area contributed by atoms with Crippen LogP contribution in [-0.2, 0) is 0 Å². The molecule has 0 N–H and O–H groups in total. The molecule has 9 aromatic carbocycles. The molecular weight excluding hydrogens is 831 g/mol. The molecule has 0 aliphatic rings. The van der Waals surface area contributed by atoms with E-state index in [1.165, 1.54) is 0 Å². The first-order valence-corrected chi connectivity index (χ1v) is 22.1. The maximum atomic E-state index is 8.20. The van der Waals surface area contributed by atoms with E-state index in [2.05, 4.69) is 115 Å². The minimum Gasteiger partial charge on any atom is -0.311 e. The number of anilines is 3. The lowest BCUT2D eigenvalue weighted by atomic mass is 9.97. The molecule has 0 saturated carbocycles. The molecule has 0 spiro atoms. The summed E-state index contributed by atoms with van der Waals surface area (Å²) in [5.41, 5.74) is 16.1. The Morgan fingerprint density at radius 1 is 0.368 bits per heavy atom. The predicted octanol–water partition coefficient (Wildman–Crippen LogP) is 17.0. The van der Waals surface area contributed by atoms with Gasteiger partial charge in [-0.25, -0.2) is 24.5 Å². The highest BCUT2D eigenvalue weighted by Gasteiger charge is 2.19. The van der Waals surface area contributed by atoms with Gasteiger partial charge >= 0.3 is 0 Å². The summed E-state index contributed by atoms with van der Waals surface area (Å²) in [5.74, 6) is 0.634. The van der Waals surface area contributed by atoms with Crippen LogP contribution in [0.15, 0.2) is 224 Å². The summed E-state index contributed by atoms with van der Waals surface area (Å²) in [7, 11) is 0. The summed E-state index contributed by atoms with van der Waals surface area (Å²) in [6.45, 7) is 23.2. The van der Waals surface area contributed by atoms with E-state index in [1.807, 2.05) is 133 Å². The summed E-state index contributed by atoms with van der Waals surface area (Å²) in [4.78, 5) is 23.3. The SMILES string of the molecule is [C-]#[N+]c1ccc(N(c2ccc([N+]#[C-])cc2)c2ccc3c(c2)c2ccccc2n3-c2ccc(-c3ccc(-c4ccc(-c5cc(-c6ccccc6)nc(-c6ccccc6)n5)cc4[N+]#[C-])cc3)cc2)cc1. The molecule has 2 heterocycles. The van der Waals surface area contributed by atoms with Crippen LogP contribution in [0.25, 0.3) is 98.2 Å². The van der Waals surface area contributed by atoms with E-state index in [-0.39, 0.29) is 0 Å². The van der Waals surface area contributed by atoms with Gasteiger partial charge in [-0.3, -0.25) is 0 Å². The lowest BCUT2D eigenvalue weighted by molar-refractivity contribution is 1.18. The highest BCUT2D eigenvalue weighted by atomic mass is 15.1. The lowest BCUT2D eigenvalue weighted by Crippen LogP contribution is -2.09. The van der Waals surface area contributed by atoms with Crippen molar-refractivity contribution in [2.75, 3.05) is 4.90 Å². The summed E-state index contributed by atoms with van der Waals surface area (Å²) in [6.07, 6.45) is 0. The van der Waals surface area contributed by atoms with Gasteiger partial charge in [0.25, 0.3) is 0 Å². The predicted molar refractivity (Wildman–Crippen MR) is 277 cm³/mol. The molecule has 0 aliphatic heterocycles. The fourth-order valence-electron chi connectivity index (χ4n) is 8.92. The van der Waals surface area contributed by atoms with Crippen LogP contribution in [0.2, 0.25) is 0 Å². The second-order valence-electron chi connectivity index (χ2n) is 16.3. The van der Waals surface area contributed by atoms with Crippen molar-refractivity contribution in [3.8, 4) is 61.8 Å². The fraction of sp³-hybridized carbons (Fsp3) is 0. The van der Waals surface area contributed by atoms with Crippen LogP contribution in [0, 0.1) is 19.7 Å². The van der Waals surface area contributed by atoms with Gasteiger partial charge in [0.05, 0.1) is 42.1 Å². The van der Waals surface area contributed by atoms with Crippen LogP contribution in [0.5, 0.6) is 0 Å². The number of fused-ring (bicyclic) bond motifs is 3. The second kappa shape index (κ2) is 17.6. The maximum absolute atomic E-state index is 8.20. The molecule has 0 aliphatic carbocycles. The van der Waals surface area contributed by atoms with Gasteiger partial charge < -0.3 is 9.47 Å². The monoisotopic (exact) mass is 867 g/mol. The van der Waals surface area contributed by atoms with Crippen LogP contribution >= 0.6 is 0 Å². The Morgan fingerprint density at radius 2 is 0.882 bits per heavy atom. The zero-order valence-electron chi connectivity index (χ0n) is 36.5. The molecule has 11 aromatic rings. The molecule has 0 atom stereocenters. The van der Waals surface area contributed by atoms with Crippen molar-refractivity contribution in [2.45, 2.75) is 0 Å². The smallest absolute Gasteiger partial charge is 0.195 e. The Kier molecular flexibility index (Phi) is 10.6. The van der Waals surface area contributed by atoms with E-state index in [9.17, 15) is 0 Å². The zero-order chi connectivity index (χ0) is 46.0. The first-order valence-electron chi connectivity index (χ1n) is 22.1. The van der Waals surface area contributed by atoms with Crippen molar-refractivity contribution in [1.82, 2.24) is 14.5 Å². The van der Waals surface area contributed by atoms with Crippen molar-refractivity contribution in [2.24, 2.45) is 0 Å². The number of hydrogen-bond donors (Lipinski definition) is 0. The number of para-hydroxylation sites is 1. The molecule has 0 amide bonds. The summed E-state index contributed by atoms with van der Waals surface area (Å²) in [5, 5.41) is 2.24. The van der Waals surface area contributed by atoms with Crippen molar-refractivity contribution in [3.05, 3.63) is 259 Å². The van der Waals surface area contributed by atoms with Gasteiger partial charge in [0, 0.05) is 44.6 Å². The second-order valence-corrected chi connectivity index (χ2v) is 16.3. The number of hydrogen-bond acceptors (Lipinski definition) is 3. The fourth-order valence-corrected chi connectivity index (χ4v) is 8.92. The van der Waals surface area contributed by atoms with Crippen molar-refractivity contribution >= 4 is 55.9 Å². The molecule has 7 nitrogen and oxygen atoms in total. The van der Waals surface area contributed by atoms with Gasteiger partial charge in [-0.05, 0) is 101 Å². The van der Waals surface area contributed by atoms with E-state index >= 15 is 0 Å². The van der Waals surface area contributed by atoms with Crippen LogP contribution in [0.4, 0.5) is 34.1 Å². The molecule has 7 heteroatoms. The highest BCUT2D eigenvalue weighted by Crippen LogP contribution is 2.42. The van der Waals surface area contributed by atoms with Gasteiger partial charge in [0.2, 0.25) is 0 Å². The van der Waals surface area contributed by atoms with E-state index in [1.54, 1.807) is 0 Å². The quantitative estimate of drug-likeness (QED) is 0.136. The average Bonchev–Trinajstić information content (AvgIpc) is 3.75. The van der Waals surface area contributed by atoms with Gasteiger partial charge in [0.1, 0.15) is 0 Å². The standard InChI is InChI=1S/C61H37N7/c1-62-47-25-31-49(32-26-47)67(50-33-27-48(63-2)28-34-50)52-35-37-60-55(39-52)54-16-10-11-17-59(54)68(60)51-29-22-42(23-30-51)41-18-20-43(21-19-41)53-36-24-46(38-58(53)64-3)57-40-56(44-12-6-4-7-13-44)65-61(66-57)45-14-8-5-9-15-45/h4-40H. The Labute approximate surface area is 394 Å². The number of aromatic nitrogens is 3. The average molecular weight is 868 g/mol. The van der Waals surface area contributed by atoms with Gasteiger partial charge in [-0.1, -0.05) is 152 Å². The van der Waals surface area contributed by atoms with Crippen molar-refractivity contribution in [3.63, 3.8) is 0 Å². The minimum atomic E-state index is 0.553. The summed E-state index contributed by atoms with van der Waals surface area (Å²) >= 11 is 0. The highest BCUT2D eigenvalue weighted by molar-refractivity contribution is 6.10. The summed E-state index contributed by atoms with van der Waals surface area (Å²) in [6, 6.07) is 75.3. The van der Waals surface area contributed by atoms with Crippen LogP contribution in [-0.4, -0.2) is 14.5 Å². The van der Waals surface area contributed by atoms with Crippen molar-refractivity contribution in [1.29, 1.82) is 0 Å². The third kappa shape index (κ3) is 7.67. The van der Waals surface area contributed by atoms with E-state index in [0.717, 1.165) is 94.9 Å². The largest absolute Gasteiger partial charge is 0.311 e. The number of benzene rings is 9. The Balaban J connectivity index is 0.896. The molecule has 0 bridgehead atoms. The Morgan fingerprint density at radius 3 is 1.50 bits per heavy atom. The van der Waals surface area contributed by atoms with Crippen LogP contribution in [0.1, 0.15) is 0 Å². The van der Waals surface area contributed by atoms with E-state index in [4.69, 9.17) is 29.7 Å². The molecule has 0 saturated heterocycles. The molecule has 2 aromatic heterocycles. The Hall–Kier alpha value is -9.87. The lowest BCUT2D eigenvalue weighted by Gasteiger charge is -2.26. The zero-order valence-corrected chi connectivity index (χ0v) is 36.5.